The standard InChI is InChI=1S/3CH3.ClH.2Sn/h3*1H3;1H;;/q;;;;;+1/p-1. The van der Waals surface area contributed by atoms with Gasteiger partial charge in [-0.05, 0) is 0 Å². The van der Waals surface area contributed by atoms with E-state index in [4.69, 9.17) is 8.92 Å². The molecule has 0 atom stereocenters. The maximum atomic E-state index is 5.74. The van der Waals surface area contributed by atoms with Crippen molar-refractivity contribution >= 4 is 50.1 Å². The Balaban J connectivity index is 0. The third-order valence-electron chi connectivity index (χ3n) is 0. The van der Waals surface area contributed by atoms with Gasteiger partial charge >= 0.3 is 41.0 Å². The summed E-state index contributed by atoms with van der Waals surface area (Å²) in [5.41, 5.74) is 0. The summed E-state index contributed by atoms with van der Waals surface area (Å²) in [4.78, 5) is 6.49. The van der Waals surface area contributed by atoms with Crippen LogP contribution in [0.2, 0.25) is 14.8 Å². The average molecular weight is 318 g/mol. The molecule has 0 saturated carbocycles. The molecule has 4 radical (unpaired) electrons. The van der Waals surface area contributed by atoms with Crippen molar-refractivity contribution in [2.45, 2.75) is 14.8 Å². The molecule has 0 aromatic carbocycles. The van der Waals surface area contributed by atoms with Crippen LogP contribution in [-0.2, 0) is 0 Å². The zero-order chi connectivity index (χ0) is 4.50. The summed E-state index contributed by atoms with van der Waals surface area (Å²) in [6, 6.07) is 0. The topological polar surface area (TPSA) is 0 Å². The normalized spacial score (nSPS) is 10.0. The van der Waals surface area contributed by atoms with Crippen LogP contribution in [0.5, 0.6) is 0 Å². The summed E-state index contributed by atoms with van der Waals surface area (Å²) in [5.74, 6) is 0. The Morgan fingerprint density at radius 3 is 1.17 bits per heavy atom. The summed E-state index contributed by atoms with van der Waals surface area (Å²) < 4.78 is 0. The number of halogens is 1. The molecular formula is C3H9ClSn2. The summed E-state index contributed by atoms with van der Waals surface area (Å²) >= 11 is -1.71. The Hall–Kier alpha value is 1.89. The van der Waals surface area contributed by atoms with E-state index in [0.717, 1.165) is 0 Å². The summed E-state index contributed by atoms with van der Waals surface area (Å²) in [6.07, 6.45) is 0. The van der Waals surface area contributed by atoms with Gasteiger partial charge in [0.25, 0.3) is 0 Å². The van der Waals surface area contributed by atoms with Crippen molar-refractivity contribution in [1.29, 1.82) is 0 Å². The van der Waals surface area contributed by atoms with E-state index in [-0.39, 0.29) is 23.9 Å². The molecule has 0 saturated heterocycles. The molecule has 0 fully saturated rings. The van der Waals surface area contributed by atoms with E-state index in [9.17, 15) is 0 Å². The predicted octanol–water partition coefficient (Wildman–Crippen LogP) is 1.68. The molecule has 36 valence electrons. The van der Waals surface area contributed by atoms with Crippen molar-refractivity contribution in [2.75, 3.05) is 0 Å². The zero-order valence-corrected chi connectivity index (χ0v) is 10.8. The van der Waals surface area contributed by atoms with Crippen molar-refractivity contribution in [3.05, 3.63) is 0 Å². The van der Waals surface area contributed by atoms with Crippen molar-refractivity contribution in [1.82, 2.24) is 0 Å². The van der Waals surface area contributed by atoms with Crippen LogP contribution in [0, 0.1) is 0 Å². The van der Waals surface area contributed by atoms with Crippen LogP contribution in [0.25, 0.3) is 0 Å². The Morgan fingerprint density at radius 2 is 1.17 bits per heavy atom. The van der Waals surface area contributed by atoms with Crippen LogP contribution in [0.15, 0.2) is 0 Å². The maximum Gasteiger partial charge on any atom is 0 e. The first-order valence-electron chi connectivity index (χ1n) is 1.69. The van der Waals surface area contributed by atoms with Gasteiger partial charge in [0, 0.05) is 23.9 Å². The van der Waals surface area contributed by atoms with E-state index in [2.05, 4.69) is 14.8 Å². The van der Waals surface area contributed by atoms with Crippen molar-refractivity contribution in [3.63, 3.8) is 0 Å². The van der Waals surface area contributed by atoms with Crippen molar-refractivity contribution < 1.29 is 0 Å². The van der Waals surface area contributed by atoms with Gasteiger partial charge in [-0.1, -0.05) is 0 Å². The third kappa shape index (κ3) is 39.5. The van der Waals surface area contributed by atoms with Gasteiger partial charge in [-0.2, -0.15) is 0 Å². The number of rotatable bonds is 0. The fourth-order valence-corrected chi connectivity index (χ4v) is 0. The van der Waals surface area contributed by atoms with Gasteiger partial charge in [-0.3, -0.25) is 0 Å². The Labute approximate surface area is 64.2 Å². The molecule has 0 amide bonds. The van der Waals surface area contributed by atoms with E-state index in [1.54, 1.807) is 0 Å². The van der Waals surface area contributed by atoms with Gasteiger partial charge < -0.3 is 0 Å². The van der Waals surface area contributed by atoms with E-state index >= 15 is 0 Å². The van der Waals surface area contributed by atoms with Gasteiger partial charge in [0.05, 0.1) is 0 Å². The second-order valence-electron chi connectivity index (χ2n) is 2.07. The molecule has 0 unspecified atom stereocenters. The molecule has 0 bridgehead atoms. The molecule has 6 heavy (non-hydrogen) atoms. The minimum atomic E-state index is -1.71. The van der Waals surface area contributed by atoms with Crippen molar-refractivity contribution in [2.24, 2.45) is 0 Å². The molecular weight excluding hydrogens is 309 g/mol. The van der Waals surface area contributed by atoms with Crippen LogP contribution in [0.3, 0.4) is 0 Å². The molecule has 0 aliphatic heterocycles. The van der Waals surface area contributed by atoms with Gasteiger partial charge in [-0.15, -0.1) is 0 Å². The molecule has 3 heteroatoms. The molecule has 0 heterocycles. The first-order valence-corrected chi connectivity index (χ1v) is 13.9. The summed E-state index contributed by atoms with van der Waals surface area (Å²) in [5, 5.41) is 0. The average Bonchev–Trinajstić information content (AvgIpc) is 0.722. The monoisotopic (exact) mass is 320 g/mol. The van der Waals surface area contributed by atoms with Gasteiger partial charge in [0.1, 0.15) is 0 Å². The molecule has 0 aliphatic carbocycles. The Morgan fingerprint density at radius 1 is 1.17 bits per heavy atom. The first-order chi connectivity index (χ1) is 2.00. The van der Waals surface area contributed by atoms with Gasteiger partial charge in [0.15, 0.2) is 0 Å². The predicted molar refractivity (Wildman–Crippen MR) is 35.0 cm³/mol. The fraction of sp³-hybridized carbons (Fsp3) is 1.00. The summed E-state index contributed by atoms with van der Waals surface area (Å²) in [6.45, 7) is 0. The van der Waals surface area contributed by atoms with Gasteiger partial charge in [-0.25, -0.2) is 0 Å². The maximum absolute atomic E-state index is 5.74. The Kier molecular flexibility index (Phi) is 6.90. The molecule has 0 spiro atoms. The molecule has 0 nitrogen and oxygen atoms in total. The van der Waals surface area contributed by atoms with Crippen molar-refractivity contribution in [3.8, 4) is 0 Å². The van der Waals surface area contributed by atoms with E-state index in [1.807, 2.05) is 0 Å². The van der Waals surface area contributed by atoms with Crippen LogP contribution in [0.1, 0.15) is 0 Å². The Bertz CT molecular complexity index is 24.3. The van der Waals surface area contributed by atoms with Crippen LogP contribution >= 0.6 is 8.92 Å². The van der Waals surface area contributed by atoms with E-state index in [1.165, 1.54) is 0 Å². The van der Waals surface area contributed by atoms with Gasteiger partial charge in [0.2, 0.25) is 0 Å². The second-order valence-corrected chi connectivity index (χ2v) is 21.5. The van der Waals surface area contributed by atoms with Crippen LogP contribution in [0.4, 0.5) is 0 Å². The number of hydrogen-bond donors (Lipinski definition) is 0. The van der Waals surface area contributed by atoms with E-state index < -0.39 is 17.3 Å². The smallest absolute Gasteiger partial charge is 0 e. The molecule has 0 aromatic rings. The minimum absolute atomic E-state index is 0. The quantitative estimate of drug-likeness (QED) is 0.596. The number of hydrogen-bond acceptors (Lipinski definition) is 0. The molecule has 0 aromatic heterocycles. The third-order valence-corrected chi connectivity index (χ3v) is 0. The zero-order valence-electron chi connectivity index (χ0n) is 4.38. The SMILES string of the molecule is [CH3][Sn]([CH3])([CH3])[Cl].[Sn]. The first kappa shape index (κ1) is 10.8. The van der Waals surface area contributed by atoms with E-state index in [0.29, 0.717) is 0 Å². The fourth-order valence-electron chi connectivity index (χ4n) is 0. The van der Waals surface area contributed by atoms with Crippen LogP contribution < -0.4 is 0 Å². The van der Waals surface area contributed by atoms with Crippen LogP contribution in [-0.4, -0.2) is 41.2 Å². The molecule has 0 aliphatic rings. The molecule has 0 rings (SSSR count). The largest absolute Gasteiger partial charge is 0 e. The minimum Gasteiger partial charge on any atom is 0 e. The second kappa shape index (κ2) is 3.84. The summed E-state index contributed by atoms with van der Waals surface area (Å²) in [7, 11) is 5.74. The molecule has 0 N–H and O–H groups in total.